The van der Waals surface area contributed by atoms with E-state index in [4.69, 9.17) is 9.47 Å². The monoisotopic (exact) mass is 534 g/mol. The van der Waals surface area contributed by atoms with Crippen molar-refractivity contribution in [2.24, 2.45) is 11.8 Å². The van der Waals surface area contributed by atoms with Crippen LogP contribution in [0.3, 0.4) is 0 Å². The third-order valence-corrected chi connectivity index (χ3v) is 10.7. The van der Waals surface area contributed by atoms with Crippen LogP contribution in [0.15, 0.2) is 0 Å². The highest BCUT2D eigenvalue weighted by molar-refractivity contribution is 5.73. The van der Waals surface area contributed by atoms with Crippen molar-refractivity contribution in [2.45, 2.75) is 153 Å². The summed E-state index contributed by atoms with van der Waals surface area (Å²) in [5.41, 5.74) is -0.152. The smallest absolute Gasteiger partial charge is 0.308 e. The van der Waals surface area contributed by atoms with E-state index < -0.39 is 0 Å². The molecule has 38 heavy (non-hydrogen) atoms. The molecule has 2 saturated carbocycles. The molecule has 0 unspecified atom stereocenters. The predicted molar refractivity (Wildman–Crippen MR) is 149 cm³/mol. The normalized spacial score (nSPS) is 30.4. The van der Waals surface area contributed by atoms with Gasteiger partial charge in [-0.3, -0.25) is 30.9 Å². The quantitative estimate of drug-likeness (QED) is 0.286. The Labute approximate surface area is 230 Å². The molecule has 2 spiro atoms. The minimum absolute atomic E-state index is 0.00171. The highest BCUT2D eigenvalue weighted by Gasteiger charge is 2.55. The van der Waals surface area contributed by atoms with Crippen molar-refractivity contribution in [2.75, 3.05) is 13.2 Å². The zero-order valence-corrected chi connectivity index (χ0v) is 25.3. The van der Waals surface area contributed by atoms with Crippen LogP contribution in [0.2, 0.25) is 0 Å². The summed E-state index contributed by atoms with van der Waals surface area (Å²) in [5, 5.41) is 15.2. The molecular weight excluding hydrogens is 480 g/mol. The molecule has 0 amide bonds. The van der Waals surface area contributed by atoms with E-state index in [2.05, 4.69) is 76.7 Å². The van der Waals surface area contributed by atoms with Crippen molar-refractivity contribution < 1.29 is 19.1 Å². The summed E-state index contributed by atoms with van der Waals surface area (Å²) in [5.74, 6) is -0.207. The van der Waals surface area contributed by atoms with E-state index in [1.54, 1.807) is 0 Å². The molecule has 0 radical (unpaired) electrons. The van der Waals surface area contributed by atoms with Gasteiger partial charge in [0.05, 0.1) is 36.4 Å². The molecule has 4 fully saturated rings. The number of hydrogen-bond donors (Lipinski definition) is 4. The molecule has 0 bridgehead atoms. The van der Waals surface area contributed by atoms with E-state index in [1.807, 2.05) is 0 Å². The topological polar surface area (TPSA) is 101 Å². The molecule has 2 aliphatic heterocycles. The SMILES string of the molecule is CC1(C)NC2(CCC(C(=O)OCCCCOC(=O)C3CCC4(CC3)NC(C)(C)C(C)(C)N4)CC2)NC1(C)C. The summed E-state index contributed by atoms with van der Waals surface area (Å²) in [7, 11) is 0. The van der Waals surface area contributed by atoms with Crippen molar-refractivity contribution in [1.29, 1.82) is 0 Å². The van der Waals surface area contributed by atoms with Crippen molar-refractivity contribution in [1.82, 2.24) is 21.3 Å². The van der Waals surface area contributed by atoms with Gasteiger partial charge in [-0.05, 0) is 120 Å². The number of esters is 2. The van der Waals surface area contributed by atoms with Gasteiger partial charge in [-0.25, -0.2) is 0 Å². The van der Waals surface area contributed by atoms with Gasteiger partial charge < -0.3 is 9.47 Å². The number of ether oxygens (including phenoxy) is 2. The van der Waals surface area contributed by atoms with Crippen LogP contribution in [-0.2, 0) is 19.1 Å². The van der Waals surface area contributed by atoms with E-state index in [0.717, 1.165) is 51.4 Å². The van der Waals surface area contributed by atoms with Crippen LogP contribution < -0.4 is 21.3 Å². The fourth-order valence-electron chi connectivity index (χ4n) is 7.06. The minimum Gasteiger partial charge on any atom is -0.465 e. The minimum atomic E-state index is -0.0795. The van der Waals surface area contributed by atoms with Gasteiger partial charge in [-0.2, -0.15) is 0 Å². The van der Waals surface area contributed by atoms with Crippen LogP contribution in [0.25, 0.3) is 0 Å². The molecule has 4 rings (SSSR count). The van der Waals surface area contributed by atoms with Crippen LogP contribution in [0, 0.1) is 11.8 Å². The first-order valence-electron chi connectivity index (χ1n) is 15.0. The Morgan fingerprint density at radius 3 is 1.08 bits per heavy atom. The average molecular weight is 535 g/mol. The van der Waals surface area contributed by atoms with Gasteiger partial charge in [-0.1, -0.05) is 0 Å². The molecule has 4 N–H and O–H groups in total. The second kappa shape index (κ2) is 10.3. The first-order valence-corrected chi connectivity index (χ1v) is 15.0. The largest absolute Gasteiger partial charge is 0.465 e. The highest BCUT2D eigenvalue weighted by atomic mass is 16.5. The molecule has 2 aliphatic carbocycles. The Kier molecular flexibility index (Phi) is 8.08. The van der Waals surface area contributed by atoms with Gasteiger partial charge in [0.25, 0.3) is 0 Å². The standard InChI is InChI=1S/C30H54N4O4/c1-25(2)26(3,4)32-29(31-25)15-11-21(12-16-29)23(35)37-19-9-10-20-38-24(36)22-13-17-30(18-14-22)33-27(5,6)28(7,8)34-30/h21-22,31-34H,9-20H2,1-8H3. The Hall–Kier alpha value is -1.22. The van der Waals surface area contributed by atoms with Crippen molar-refractivity contribution in [3.63, 3.8) is 0 Å². The van der Waals surface area contributed by atoms with E-state index in [1.165, 1.54) is 0 Å². The third kappa shape index (κ3) is 5.93. The second-order valence-electron chi connectivity index (χ2n) is 14.8. The fraction of sp³-hybridized carbons (Fsp3) is 0.933. The fourth-order valence-corrected chi connectivity index (χ4v) is 7.06. The lowest BCUT2D eigenvalue weighted by atomic mass is 9.82. The summed E-state index contributed by atoms with van der Waals surface area (Å²) < 4.78 is 11.2. The van der Waals surface area contributed by atoms with Crippen LogP contribution in [0.1, 0.15) is 120 Å². The summed E-state index contributed by atoms with van der Waals surface area (Å²) >= 11 is 0. The Balaban J connectivity index is 1.08. The lowest BCUT2D eigenvalue weighted by molar-refractivity contribution is -0.152. The average Bonchev–Trinajstić information content (AvgIpc) is 3.09. The van der Waals surface area contributed by atoms with E-state index in [-0.39, 0.29) is 57.3 Å². The number of hydrogen-bond acceptors (Lipinski definition) is 8. The van der Waals surface area contributed by atoms with Gasteiger partial charge in [0.2, 0.25) is 0 Å². The number of carbonyl (C=O) groups is 2. The van der Waals surface area contributed by atoms with Crippen molar-refractivity contribution in [3.05, 3.63) is 0 Å². The first-order chi connectivity index (χ1) is 17.5. The van der Waals surface area contributed by atoms with Crippen LogP contribution >= 0.6 is 0 Å². The molecular formula is C30H54N4O4. The maximum absolute atomic E-state index is 12.6. The summed E-state index contributed by atoms with van der Waals surface area (Å²) in [6, 6.07) is 0. The Morgan fingerprint density at radius 2 is 0.816 bits per heavy atom. The molecule has 4 aliphatic rings. The van der Waals surface area contributed by atoms with Crippen LogP contribution in [0.4, 0.5) is 0 Å². The summed E-state index contributed by atoms with van der Waals surface area (Å²) in [6.45, 7) is 18.7. The third-order valence-electron chi connectivity index (χ3n) is 10.7. The lowest BCUT2D eigenvalue weighted by Gasteiger charge is -2.38. The molecule has 218 valence electrons. The van der Waals surface area contributed by atoms with Crippen molar-refractivity contribution >= 4 is 11.9 Å². The lowest BCUT2D eigenvalue weighted by Crippen LogP contribution is -2.54. The summed E-state index contributed by atoms with van der Waals surface area (Å²) in [6.07, 6.45) is 8.51. The molecule has 8 heteroatoms. The molecule has 2 saturated heterocycles. The first kappa shape index (κ1) is 29.8. The van der Waals surface area contributed by atoms with Gasteiger partial charge in [-0.15, -0.1) is 0 Å². The number of unbranched alkanes of at least 4 members (excludes halogenated alkanes) is 1. The Morgan fingerprint density at radius 1 is 0.553 bits per heavy atom. The molecule has 0 aromatic heterocycles. The van der Waals surface area contributed by atoms with Crippen molar-refractivity contribution in [3.8, 4) is 0 Å². The molecule has 0 aromatic carbocycles. The second-order valence-corrected chi connectivity index (χ2v) is 14.8. The van der Waals surface area contributed by atoms with E-state index in [9.17, 15) is 9.59 Å². The highest BCUT2D eigenvalue weighted by Crippen LogP contribution is 2.42. The Bertz CT molecular complexity index is 773. The number of nitrogens with one attached hydrogen (secondary N) is 4. The molecule has 8 nitrogen and oxygen atoms in total. The molecule has 0 aromatic rings. The van der Waals surface area contributed by atoms with E-state index >= 15 is 0 Å². The molecule has 2 heterocycles. The molecule has 0 atom stereocenters. The zero-order chi connectivity index (χ0) is 28.0. The zero-order valence-electron chi connectivity index (χ0n) is 25.3. The predicted octanol–water partition coefficient (Wildman–Crippen LogP) is 4.13. The summed E-state index contributed by atoms with van der Waals surface area (Å²) in [4.78, 5) is 25.3. The van der Waals surface area contributed by atoms with Gasteiger partial charge in [0.15, 0.2) is 0 Å². The van der Waals surface area contributed by atoms with Crippen LogP contribution in [0.5, 0.6) is 0 Å². The maximum atomic E-state index is 12.6. The van der Waals surface area contributed by atoms with Gasteiger partial charge in [0.1, 0.15) is 0 Å². The number of carbonyl (C=O) groups excluding carboxylic acids is 2. The maximum Gasteiger partial charge on any atom is 0.308 e. The van der Waals surface area contributed by atoms with Crippen LogP contribution in [-0.4, -0.2) is 58.6 Å². The van der Waals surface area contributed by atoms with Gasteiger partial charge >= 0.3 is 11.9 Å². The van der Waals surface area contributed by atoms with E-state index in [0.29, 0.717) is 26.1 Å². The van der Waals surface area contributed by atoms with Gasteiger partial charge in [0, 0.05) is 22.2 Å². The number of rotatable bonds is 7.